The molecular weight excluding hydrogens is 244 g/mol. The summed E-state index contributed by atoms with van der Waals surface area (Å²) in [6.45, 7) is 2.06. The molecule has 0 saturated carbocycles. The van der Waals surface area contributed by atoms with E-state index in [4.69, 9.17) is 5.73 Å². The molecule has 0 radical (unpaired) electrons. The zero-order valence-corrected chi connectivity index (χ0v) is 11.8. The van der Waals surface area contributed by atoms with Crippen molar-refractivity contribution >= 4 is 5.69 Å². The van der Waals surface area contributed by atoms with Crippen molar-refractivity contribution in [2.75, 3.05) is 18.0 Å². The van der Waals surface area contributed by atoms with Crippen molar-refractivity contribution in [2.24, 2.45) is 5.73 Å². The van der Waals surface area contributed by atoms with Gasteiger partial charge in [-0.3, -0.25) is 0 Å². The minimum Gasteiger partial charge on any atom is -0.370 e. The second-order valence-electron chi connectivity index (χ2n) is 5.63. The summed E-state index contributed by atoms with van der Waals surface area (Å²) in [5, 5.41) is 0. The summed E-state index contributed by atoms with van der Waals surface area (Å²) < 4.78 is 0. The summed E-state index contributed by atoms with van der Waals surface area (Å²) in [5.41, 5.74) is 10.5. The van der Waals surface area contributed by atoms with Crippen molar-refractivity contribution in [3.63, 3.8) is 0 Å². The van der Waals surface area contributed by atoms with E-state index in [0.717, 1.165) is 19.5 Å². The van der Waals surface area contributed by atoms with E-state index in [9.17, 15) is 0 Å². The third-order valence-corrected chi connectivity index (χ3v) is 4.00. The Hall–Kier alpha value is -1.80. The summed E-state index contributed by atoms with van der Waals surface area (Å²) >= 11 is 0. The highest BCUT2D eigenvalue weighted by Gasteiger charge is 2.18. The van der Waals surface area contributed by atoms with Gasteiger partial charge in [0.25, 0.3) is 0 Å². The Morgan fingerprint density at radius 3 is 2.60 bits per heavy atom. The smallest absolute Gasteiger partial charge is 0.0399 e. The SMILES string of the molecule is NC(Cc1ccccc1)CN1CCCc2ccccc21. The average Bonchev–Trinajstić information content (AvgIpc) is 2.48. The standard InChI is InChI=1S/C18H22N2/c19-17(13-15-7-2-1-3-8-15)14-20-12-6-10-16-9-4-5-11-18(16)20/h1-5,7-9,11,17H,6,10,12-14,19H2. The normalized spacial score (nSPS) is 15.8. The summed E-state index contributed by atoms with van der Waals surface area (Å²) in [5.74, 6) is 0. The van der Waals surface area contributed by atoms with Crippen molar-refractivity contribution in [1.82, 2.24) is 0 Å². The Bertz CT molecular complexity index is 550. The van der Waals surface area contributed by atoms with Crippen LogP contribution in [-0.4, -0.2) is 19.1 Å². The van der Waals surface area contributed by atoms with Crippen molar-refractivity contribution in [1.29, 1.82) is 0 Å². The molecular formula is C18H22N2. The first-order chi connectivity index (χ1) is 9.83. The van der Waals surface area contributed by atoms with Gasteiger partial charge >= 0.3 is 0 Å². The first-order valence-electron chi connectivity index (χ1n) is 7.45. The van der Waals surface area contributed by atoms with Crippen LogP contribution < -0.4 is 10.6 Å². The molecule has 0 spiro atoms. The fourth-order valence-electron chi connectivity index (χ4n) is 3.07. The summed E-state index contributed by atoms with van der Waals surface area (Å²) in [4.78, 5) is 2.45. The van der Waals surface area contributed by atoms with Crippen LogP contribution in [0.25, 0.3) is 0 Å². The van der Waals surface area contributed by atoms with Gasteiger partial charge in [-0.1, -0.05) is 48.5 Å². The zero-order valence-electron chi connectivity index (χ0n) is 11.8. The fourth-order valence-corrected chi connectivity index (χ4v) is 3.07. The molecule has 0 aliphatic carbocycles. The molecule has 1 aliphatic heterocycles. The zero-order chi connectivity index (χ0) is 13.8. The van der Waals surface area contributed by atoms with Gasteiger partial charge in [-0.05, 0) is 36.5 Å². The van der Waals surface area contributed by atoms with E-state index in [1.807, 2.05) is 0 Å². The molecule has 0 amide bonds. The monoisotopic (exact) mass is 266 g/mol. The lowest BCUT2D eigenvalue weighted by Gasteiger charge is -2.33. The van der Waals surface area contributed by atoms with Crippen LogP contribution in [0.15, 0.2) is 54.6 Å². The molecule has 0 bridgehead atoms. The van der Waals surface area contributed by atoms with E-state index >= 15 is 0 Å². The van der Waals surface area contributed by atoms with E-state index in [2.05, 4.69) is 59.5 Å². The van der Waals surface area contributed by atoms with Gasteiger partial charge in [0.1, 0.15) is 0 Å². The predicted octanol–water partition coefficient (Wildman–Crippen LogP) is 3.01. The lowest BCUT2D eigenvalue weighted by Crippen LogP contribution is -2.41. The molecule has 1 atom stereocenters. The van der Waals surface area contributed by atoms with Gasteiger partial charge in [0.05, 0.1) is 0 Å². The molecule has 1 unspecified atom stereocenters. The Morgan fingerprint density at radius 1 is 1.00 bits per heavy atom. The molecule has 1 heterocycles. The molecule has 0 saturated heterocycles. The highest BCUT2D eigenvalue weighted by atomic mass is 15.1. The van der Waals surface area contributed by atoms with E-state index in [0.29, 0.717) is 0 Å². The summed E-state index contributed by atoms with van der Waals surface area (Å²) in [7, 11) is 0. The van der Waals surface area contributed by atoms with Crippen LogP contribution in [0, 0.1) is 0 Å². The predicted molar refractivity (Wildman–Crippen MR) is 85.1 cm³/mol. The fraction of sp³-hybridized carbons (Fsp3) is 0.333. The van der Waals surface area contributed by atoms with Gasteiger partial charge in [0.2, 0.25) is 0 Å². The van der Waals surface area contributed by atoms with Crippen LogP contribution in [0.4, 0.5) is 5.69 Å². The number of aryl methyl sites for hydroxylation is 1. The van der Waals surface area contributed by atoms with Gasteiger partial charge in [-0.25, -0.2) is 0 Å². The Kier molecular flexibility index (Phi) is 4.03. The topological polar surface area (TPSA) is 29.3 Å². The van der Waals surface area contributed by atoms with E-state index < -0.39 is 0 Å². The van der Waals surface area contributed by atoms with Gasteiger partial charge in [-0.15, -0.1) is 0 Å². The number of hydrogen-bond acceptors (Lipinski definition) is 2. The number of anilines is 1. The molecule has 2 heteroatoms. The lowest BCUT2D eigenvalue weighted by atomic mass is 10.00. The van der Waals surface area contributed by atoms with E-state index in [-0.39, 0.29) is 6.04 Å². The highest BCUT2D eigenvalue weighted by Crippen LogP contribution is 2.26. The molecule has 2 N–H and O–H groups in total. The summed E-state index contributed by atoms with van der Waals surface area (Å²) in [6, 6.07) is 19.4. The molecule has 2 aromatic carbocycles. The first kappa shape index (κ1) is 13.2. The quantitative estimate of drug-likeness (QED) is 0.921. The maximum atomic E-state index is 6.35. The second-order valence-corrected chi connectivity index (χ2v) is 5.63. The highest BCUT2D eigenvalue weighted by molar-refractivity contribution is 5.55. The van der Waals surface area contributed by atoms with Crippen LogP contribution in [0.5, 0.6) is 0 Å². The number of benzene rings is 2. The van der Waals surface area contributed by atoms with Crippen molar-refractivity contribution in [3.05, 3.63) is 65.7 Å². The van der Waals surface area contributed by atoms with Crippen molar-refractivity contribution in [2.45, 2.75) is 25.3 Å². The molecule has 3 rings (SSSR count). The lowest BCUT2D eigenvalue weighted by molar-refractivity contribution is 0.601. The number of hydrogen-bond donors (Lipinski definition) is 1. The van der Waals surface area contributed by atoms with Gasteiger partial charge in [0, 0.05) is 24.8 Å². The average molecular weight is 266 g/mol. The van der Waals surface area contributed by atoms with Crippen LogP contribution in [0.3, 0.4) is 0 Å². The molecule has 104 valence electrons. The van der Waals surface area contributed by atoms with Crippen LogP contribution in [-0.2, 0) is 12.8 Å². The molecule has 20 heavy (non-hydrogen) atoms. The maximum absolute atomic E-state index is 6.35. The van der Waals surface area contributed by atoms with Gasteiger partial charge in [-0.2, -0.15) is 0 Å². The number of nitrogens with zero attached hydrogens (tertiary/aromatic N) is 1. The number of para-hydroxylation sites is 1. The van der Waals surface area contributed by atoms with Crippen LogP contribution >= 0.6 is 0 Å². The van der Waals surface area contributed by atoms with Crippen molar-refractivity contribution < 1.29 is 0 Å². The maximum Gasteiger partial charge on any atom is 0.0399 e. The largest absolute Gasteiger partial charge is 0.370 e. The number of rotatable bonds is 4. The minimum atomic E-state index is 0.184. The Balaban J connectivity index is 1.66. The number of fused-ring (bicyclic) bond motifs is 1. The Labute approximate surface area is 121 Å². The van der Waals surface area contributed by atoms with Crippen LogP contribution in [0.2, 0.25) is 0 Å². The number of nitrogens with two attached hydrogens (primary N) is 1. The third-order valence-electron chi connectivity index (χ3n) is 4.00. The van der Waals surface area contributed by atoms with E-state index in [1.54, 1.807) is 0 Å². The van der Waals surface area contributed by atoms with E-state index in [1.165, 1.54) is 29.7 Å². The molecule has 2 aromatic rings. The third kappa shape index (κ3) is 3.02. The molecule has 0 fully saturated rings. The summed E-state index contributed by atoms with van der Waals surface area (Å²) in [6.07, 6.45) is 3.37. The van der Waals surface area contributed by atoms with Gasteiger partial charge < -0.3 is 10.6 Å². The first-order valence-corrected chi connectivity index (χ1v) is 7.45. The second kappa shape index (κ2) is 6.10. The molecule has 0 aromatic heterocycles. The van der Waals surface area contributed by atoms with Crippen LogP contribution in [0.1, 0.15) is 17.5 Å². The molecule has 2 nitrogen and oxygen atoms in total. The minimum absolute atomic E-state index is 0.184. The Morgan fingerprint density at radius 2 is 1.75 bits per heavy atom. The van der Waals surface area contributed by atoms with Gasteiger partial charge in [0.15, 0.2) is 0 Å². The van der Waals surface area contributed by atoms with Crippen molar-refractivity contribution in [3.8, 4) is 0 Å². The molecule has 1 aliphatic rings.